The van der Waals surface area contributed by atoms with Crippen LogP contribution in [0.1, 0.15) is 0 Å². The number of benzene rings is 3. The first-order valence-corrected chi connectivity index (χ1v) is 13.0. The molecule has 0 radical (unpaired) electrons. The molecule has 0 spiro atoms. The summed E-state index contributed by atoms with van der Waals surface area (Å²) in [5.41, 5.74) is 8.57. The van der Waals surface area contributed by atoms with Crippen molar-refractivity contribution < 1.29 is 10.0 Å². The van der Waals surface area contributed by atoms with Crippen molar-refractivity contribution in [3.8, 4) is 39.6 Å². The zero-order chi connectivity index (χ0) is 27.1. The number of pyridine rings is 3. The van der Waals surface area contributed by atoms with E-state index in [9.17, 15) is 10.0 Å². The Morgan fingerprint density at radius 2 is 1.18 bits per heavy atom. The summed E-state index contributed by atoms with van der Waals surface area (Å²) in [5, 5.41) is 21.9. The third-order valence-corrected chi connectivity index (χ3v) is 7.15. The van der Waals surface area contributed by atoms with Crippen molar-refractivity contribution in [3.63, 3.8) is 0 Å². The van der Waals surface area contributed by atoms with Crippen LogP contribution in [0.15, 0.2) is 128 Å². The highest BCUT2D eigenvalue weighted by molar-refractivity contribution is 6.63. The largest absolute Gasteiger partial charge is 0.489 e. The second kappa shape index (κ2) is 9.89. The molecule has 0 bridgehead atoms. The van der Waals surface area contributed by atoms with E-state index in [1.165, 1.54) is 0 Å². The molecule has 0 fully saturated rings. The van der Waals surface area contributed by atoms with E-state index >= 15 is 0 Å². The van der Waals surface area contributed by atoms with Crippen molar-refractivity contribution in [1.29, 1.82) is 0 Å². The first kappa shape index (κ1) is 24.0. The summed E-state index contributed by atoms with van der Waals surface area (Å²) >= 11 is 0. The molecular weight excluding hydrogens is 495 g/mol. The van der Waals surface area contributed by atoms with Crippen LogP contribution in [0.3, 0.4) is 0 Å². The predicted octanol–water partition coefficient (Wildman–Crippen LogP) is 5.65. The van der Waals surface area contributed by atoms with Gasteiger partial charge in [0.2, 0.25) is 0 Å². The van der Waals surface area contributed by atoms with E-state index in [2.05, 4.69) is 57.0 Å². The van der Waals surface area contributed by atoms with Crippen LogP contribution in [0.2, 0.25) is 0 Å². The standard InChI is InChI=1S/C33H23BN4O2/c39-34(40)26-9-7-13-32-33(26)25-8-1-2-12-31(25)38(32)24-16-14-22(15-17-24)23-20-29(27-10-3-5-18-35-27)37-30(21-23)28-11-4-6-19-36-28/h1-21,39-40H. The Hall–Kier alpha value is -5.11. The summed E-state index contributed by atoms with van der Waals surface area (Å²) in [4.78, 5) is 13.9. The van der Waals surface area contributed by atoms with Crippen molar-refractivity contribution in [2.45, 2.75) is 0 Å². The van der Waals surface area contributed by atoms with Gasteiger partial charge in [0.1, 0.15) is 0 Å². The van der Waals surface area contributed by atoms with E-state index in [0.717, 1.165) is 61.4 Å². The molecule has 0 saturated heterocycles. The predicted molar refractivity (Wildman–Crippen MR) is 160 cm³/mol. The van der Waals surface area contributed by atoms with Crippen molar-refractivity contribution in [2.75, 3.05) is 0 Å². The first-order chi connectivity index (χ1) is 19.7. The molecule has 3 aromatic carbocycles. The van der Waals surface area contributed by atoms with Crippen LogP contribution >= 0.6 is 0 Å². The molecule has 0 atom stereocenters. The maximum Gasteiger partial charge on any atom is 0.489 e. The lowest BCUT2D eigenvalue weighted by Crippen LogP contribution is -2.30. The molecule has 0 unspecified atom stereocenters. The minimum absolute atomic E-state index is 0.491. The fraction of sp³-hybridized carbons (Fsp3) is 0. The van der Waals surface area contributed by atoms with Crippen LogP contribution in [0.25, 0.3) is 61.4 Å². The Bertz CT molecular complexity index is 1910. The van der Waals surface area contributed by atoms with Gasteiger partial charge >= 0.3 is 7.12 Å². The Morgan fingerprint density at radius 1 is 0.550 bits per heavy atom. The quantitative estimate of drug-likeness (QED) is 0.288. The van der Waals surface area contributed by atoms with E-state index in [4.69, 9.17) is 4.98 Å². The first-order valence-electron chi connectivity index (χ1n) is 13.0. The van der Waals surface area contributed by atoms with Gasteiger partial charge in [-0.1, -0.05) is 54.6 Å². The van der Waals surface area contributed by atoms with Crippen LogP contribution < -0.4 is 5.46 Å². The Morgan fingerprint density at radius 3 is 1.80 bits per heavy atom. The lowest BCUT2D eigenvalue weighted by atomic mass is 9.77. The third-order valence-electron chi connectivity index (χ3n) is 7.15. The number of para-hydroxylation sites is 1. The highest BCUT2D eigenvalue weighted by atomic mass is 16.4. The molecule has 4 aromatic heterocycles. The van der Waals surface area contributed by atoms with E-state index in [-0.39, 0.29) is 0 Å². The lowest BCUT2D eigenvalue weighted by Gasteiger charge is -2.12. The molecule has 190 valence electrons. The van der Waals surface area contributed by atoms with Crippen LogP contribution in [-0.4, -0.2) is 36.7 Å². The SMILES string of the molecule is OB(O)c1cccc2c1c1ccccc1n2-c1ccc(-c2cc(-c3ccccn3)nc(-c3ccccn3)c2)cc1. The van der Waals surface area contributed by atoms with E-state index < -0.39 is 7.12 Å². The number of hydrogen-bond acceptors (Lipinski definition) is 5. The minimum Gasteiger partial charge on any atom is -0.423 e. The normalized spacial score (nSPS) is 11.2. The van der Waals surface area contributed by atoms with Crippen LogP contribution in [0.5, 0.6) is 0 Å². The smallest absolute Gasteiger partial charge is 0.423 e. The number of nitrogens with zero attached hydrogens (tertiary/aromatic N) is 4. The molecule has 2 N–H and O–H groups in total. The minimum atomic E-state index is -1.56. The fourth-order valence-electron chi connectivity index (χ4n) is 5.33. The van der Waals surface area contributed by atoms with Crippen LogP contribution in [0.4, 0.5) is 0 Å². The zero-order valence-electron chi connectivity index (χ0n) is 21.4. The van der Waals surface area contributed by atoms with Crippen molar-refractivity contribution in [1.82, 2.24) is 19.5 Å². The van der Waals surface area contributed by atoms with Gasteiger partial charge in [-0.2, -0.15) is 0 Å². The monoisotopic (exact) mass is 518 g/mol. The van der Waals surface area contributed by atoms with Gasteiger partial charge in [0.15, 0.2) is 0 Å². The molecular formula is C33H23BN4O2. The van der Waals surface area contributed by atoms with Gasteiger partial charge in [-0.15, -0.1) is 0 Å². The average molecular weight is 518 g/mol. The molecule has 7 heteroatoms. The number of rotatable bonds is 5. The number of hydrogen-bond donors (Lipinski definition) is 2. The van der Waals surface area contributed by atoms with E-state index in [1.54, 1.807) is 18.5 Å². The zero-order valence-corrected chi connectivity index (χ0v) is 21.4. The number of fused-ring (bicyclic) bond motifs is 3. The summed E-state index contributed by atoms with van der Waals surface area (Å²) in [6.07, 6.45) is 3.54. The molecule has 40 heavy (non-hydrogen) atoms. The van der Waals surface area contributed by atoms with Gasteiger partial charge in [-0.3, -0.25) is 9.97 Å². The van der Waals surface area contributed by atoms with E-state index in [1.807, 2.05) is 66.7 Å². The van der Waals surface area contributed by atoms with Gasteiger partial charge < -0.3 is 14.6 Å². The summed E-state index contributed by atoms with van der Waals surface area (Å²) in [6.45, 7) is 0. The second-order valence-electron chi connectivity index (χ2n) is 9.57. The molecule has 0 saturated carbocycles. The topological polar surface area (TPSA) is 84.1 Å². The summed E-state index contributed by atoms with van der Waals surface area (Å²) in [6, 6.07) is 37.8. The lowest BCUT2D eigenvalue weighted by molar-refractivity contribution is 0.426. The fourth-order valence-corrected chi connectivity index (χ4v) is 5.33. The highest BCUT2D eigenvalue weighted by Crippen LogP contribution is 2.33. The van der Waals surface area contributed by atoms with Crippen molar-refractivity contribution in [2.24, 2.45) is 0 Å². The molecule has 0 amide bonds. The van der Waals surface area contributed by atoms with Gasteiger partial charge in [-0.05, 0) is 77.3 Å². The second-order valence-corrected chi connectivity index (χ2v) is 9.57. The van der Waals surface area contributed by atoms with Crippen LogP contribution in [0, 0.1) is 0 Å². The van der Waals surface area contributed by atoms with Gasteiger partial charge in [-0.25, -0.2) is 4.98 Å². The molecule has 7 aromatic rings. The Kier molecular flexibility index (Phi) is 5.93. The molecule has 0 aliphatic heterocycles. The summed E-state index contributed by atoms with van der Waals surface area (Å²) in [5.74, 6) is 0. The maximum absolute atomic E-state index is 10.1. The Balaban J connectivity index is 1.37. The van der Waals surface area contributed by atoms with Gasteiger partial charge in [0.05, 0.1) is 33.8 Å². The van der Waals surface area contributed by atoms with Crippen molar-refractivity contribution in [3.05, 3.63) is 128 Å². The molecule has 0 aliphatic rings. The highest BCUT2D eigenvalue weighted by Gasteiger charge is 2.20. The molecule has 4 heterocycles. The molecule has 6 nitrogen and oxygen atoms in total. The van der Waals surface area contributed by atoms with Crippen molar-refractivity contribution >= 4 is 34.4 Å². The van der Waals surface area contributed by atoms with Gasteiger partial charge in [0.25, 0.3) is 0 Å². The Labute approximate surface area is 231 Å². The summed E-state index contributed by atoms with van der Waals surface area (Å²) in [7, 11) is -1.56. The average Bonchev–Trinajstić information content (AvgIpc) is 3.36. The van der Waals surface area contributed by atoms with Crippen LogP contribution in [-0.2, 0) is 0 Å². The number of aromatic nitrogens is 4. The van der Waals surface area contributed by atoms with E-state index in [0.29, 0.717) is 5.46 Å². The molecule has 7 rings (SSSR count). The molecule has 0 aliphatic carbocycles. The van der Waals surface area contributed by atoms with Gasteiger partial charge in [0, 0.05) is 28.9 Å². The maximum atomic E-state index is 10.1. The third kappa shape index (κ3) is 4.14. The summed E-state index contributed by atoms with van der Waals surface area (Å²) < 4.78 is 2.16.